The highest BCUT2D eigenvalue weighted by Gasteiger charge is 2.37. The fourth-order valence-corrected chi connectivity index (χ4v) is 3.20. The summed E-state index contributed by atoms with van der Waals surface area (Å²) < 4.78 is 5.71. The molecule has 7 heteroatoms. The van der Waals surface area contributed by atoms with Crippen LogP contribution in [-0.2, 0) is 22.5 Å². The van der Waals surface area contributed by atoms with Gasteiger partial charge in [0.05, 0.1) is 36.9 Å². The third kappa shape index (κ3) is 2.60. The number of methoxy groups -OCH3 is 1. The molecule has 0 spiro atoms. The number of amides is 1. The first-order valence-electron chi connectivity index (χ1n) is 6.76. The summed E-state index contributed by atoms with van der Waals surface area (Å²) in [6, 6.07) is 6.67. The standard InChI is InChI=1S/C15H14IN3O3/c1-22-15(21)13-6-11-12(18-8-17-11)7-19(13)14(20)9-4-2-3-5-10(9)16/h2-5,8,13H,6-7H2,1H3,(H,17,18). The fraction of sp³-hybridized carbons (Fsp3) is 0.267. The Labute approximate surface area is 141 Å². The molecule has 2 heterocycles. The predicted octanol–water partition coefficient (Wildman–Crippen LogP) is 1.75. The normalized spacial score (nSPS) is 17.0. The molecular weight excluding hydrogens is 397 g/mol. The first-order valence-corrected chi connectivity index (χ1v) is 7.84. The van der Waals surface area contributed by atoms with E-state index in [4.69, 9.17) is 4.74 Å². The Bertz CT molecular complexity index is 728. The van der Waals surface area contributed by atoms with Crippen LogP contribution < -0.4 is 0 Å². The van der Waals surface area contributed by atoms with Crippen molar-refractivity contribution in [2.24, 2.45) is 0 Å². The maximum atomic E-state index is 12.9. The Morgan fingerprint density at radius 1 is 1.41 bits per heavy atom. The van der Waals surface area contributed by atoms with Gasteiger partial charge in [0, 0.05) is 9.99 Å². The van der Waals surface area contributed by atoms with Gasteiger partial charge in [0.15, 0.2) is 0 Å². The van der Waals surface area contributed by atoms with Gasteiger partial charge in [-0.25, -0.2) is 9.78 Å². The number of nitrogens with one attached hydrogen (secondary N) is 1. The highest BCUT2D eigenvalue weighted by atomic mass is 127. The second-order valence-corrected chi connectivity index (χ2v) is 6.15. The minimum atomic E-state index is -0.649. The van der Waals surface area contributed by atoms with Crippen LogP contribution in [0.3, 0.4) is 0 Å². The number of hydrogen-bond donors (Lipinski definition) is 1. The average Bonchev–Trinajstić information content (AvgIpc) is 3.00. The number of rotatable bonds is 2. The molecule has 0 aliphatic carbocycles. The van der Waals surface area contributed by atoms with Gasteiger partial charge in [-0.2, -0.15) is 0 Å². The van der Waals surface area contributed by atoms with E-state index in [0.717, 1.165) is 15.0 Å². The molecule has 0 radical (unpaired) electrons. The molecule has 1 unspecified atom stereocenters. The Balaban J connectivity index is 1.97. The van der Waals surface area contributed by atoms with E-state index >= 15 is 0 Å². The van der Waals surface area contributed by atoms with E-state index in [1.165, 1.54) is 7.11 Å². The summed E-state index contributed by atoms with van der Waals surface area (Å²) in [7, 11) is 1.33. The minimum Gasteiger partial charge on any atom is -0.467 e. The monoisotopic (exact) mass is 411 g/mol. The summed E-state index contributed by atoms with van der Waals surface area (Å²) >= 11 is 2.12. The number of benzene rings is 1. The molecule has 0 fully saturated rings. The molecule has 6 nitrogen and oxygen atoms in total. The number of imidazole rings is 1. The summed E-state index contributed by atoms with van der Waals surface area (Å²) in [6.45, 7) is 0.318. The zero-order valence-corrected chi connectivity index (χ0v) is 14.0. The van der Waals surface area contributed by atoms with Gasteiger partial charge in [-0.15, -0.1) is 0 Å². The maximum Gasteiger partial charge on any atom is 0.329 e. The quantitative estimate of drug-likeness (QED) is 0.604. The van der Waals surface area contributed by atoms with Gasteiger partial charge in [0.25, 0.3) is 5.91 Å². The van der Waals surface area contributed by atoms with Gasteiger partial charge in [0.1, 0.15) is 6.04 Å². The number of esters is 1. The number of aromatic amines is 1. The van der Waals surface area contributed by atoms with Gasteiger partial charge in [0.2, 0.25) is 0 Å². The number of carbonyl (C=O) groups is 2. The first-order chi connectivity index (χ1) is 10.6. The topological polar surface area (TPSA) is 75.3 Å². The molecule has 1 aromatic heterocycles. The van der Waals surface area contributed by atoms with Crippen LogP contribution in [0.4, 0.5) is 0 Å². The van der Waals surface area contributed by atoms with E-state index in [2.05, 4.69) is 32.6 Å². The molecular formula is C15H14IN3O3. The molecule has 3 rings (SSSR count). The summed E-state index contributed by atoms with van der Waals surface area (Å²) in [5, 5.41) is 0. The number of halogens is 1. The van der Waals surface area contributed by atoms with Crippen LogP contribution in [0.5, 0.6) is 0 Å². The van der Waals surface area contributed by atoms with Gasteiger partial charge in [-0.1, -0.05) is 12.1 Å². The number of ether oxygens (including phenoxy) is 1. The van der Waals surface area contributed by atoms with E-state index in [1.807, 2.05) is 18.2 Å². The lowest BCUT2D eigenvalue weighted by Crippen LogP contribution is -2.49. The predicted molar refractivity (Wildman–Crippen MR) is 87.1 cm³/mol. The van der Waals surface area contributed by atoms with E-state index in [-0.39, 0.29) is 5.91 Å². The minimum absolute atomic E-state index is 0.180. The van der Waals surface area contributed by atoms with Crippen molar-refractivity contribution in [3.63, 3.8) is 0 Å². The van der Waals surface area contributed by atoms with Crippen LogP contribution in [0.1, 0.15) is 21.7 Å². The Morgan fingerprint density at radius 2 is 2.18 bits per heavy atom. The van der Waals surface area contributed by atoms with Crippen molar-refractivity contribution in [2.75, 3.05) is 7.11 Å². The Morgan fingerprint density at radius 3 is 2.91 bits per heavy atom. The summed E-state index contributed by atoms with van der Waals surface area (Å²) in [5.74, 6) is -0.603. The van der Waals surface area contributed by atoms with Crippen LogP contribution in [0, 0.1) is 3.57 Å². The zero-order chi connectivity index (χ0) is 15.7. The molecule has 1 atom stereocenters. The lowest BCUT2D eigenvalue weighted by atomic mass is 10.0. The summed E-state index contributed by atoms with van der Waals surface area (Å²) in [4.78, 5) is 33.7. The summed E-state index contributed by atoms with van der Waals surface area (Å²) in [6.07, 6.45) is 1.94. The molecule has 1 amide bonds. The SMILES string of the molecule is COC(=O)C1Cc2nc[nH]c2CN1C(=O)c1ccccc1I. The lowest BCUT2D eigenvalue weighted by Gasteiger charge is -2.33. The van der Waals surface area contributed by atoms with Crippen LogP contribution >= 0.6 is 22.6 Å². The molecule has 1 N–H and O–H groups in total. The number of aromatic nitrogens is 2. The number of fused-ring (bicyclic) bond motifs is 1. The zero-order valence-electron chi connectivity index (χ0n) is 11.9. The van der Waals surface area contributed by atoms with Crippen molar-refractivity contribution in [2.45, 2.75) is 19.0 Å². The van der Waals surface area contributed by atoms with Crippen molar-refractivity contribution < 1.29 is 14.3 Å². The highest BCUT2D eigenvalue weighted by Crippen LogP contribution is 2.25. The van der Waals surface area contributed by atoms with Gasteiger partial charge in [-0.3, -0.25) is 4.79 Å². The summed E-state index contributed by atoms with van der Waals surface area (Å²) in [5.41, 5.74) is 2.25. The molecule has 0 bridgehead atoms. The molecule has 2 aromatic rings. The van der Waals surface area contributed by atoms with Crippen molar-refractivity contribution >= 4 is 34.5 Å². The Kier molecular flexibility index (Phi) is 4.14. The average molecular weight is 411 g/mol. The van der Waals surface area contributed by atoms with E-state index < -0.39 is 12.0 Å². The van der Waals surface area contributed by atoms with Gasteiger partial charge >= 0.3 is 5.97 Å². The fourth-order valence-electron chi connectivity index (χ4n) is 2.59. The van der Waals surface area contributed by atoms with Crippen molar-refractivity contribution in [3.05, 3.63) is 51.1 Å². The van der Waals surface area contributed by atoms with Crippen LogP contribution in [0.25, 0.3) is 0 Å². The second-order valence-electron chi connectivity index (χ2n) is 4.98. The number of carbonyl (C=O) groups excluding carboxylic acids is 2. The first kappa shape index (κ1) is 15.0. The lowest BCUT2D eigenvalue weighted by molar-refractivity contribution is -0.146. The highest BCUT2D eigenvalue weighted by molar-refractivity contribution is 14.1. The van der Waals surface area contributed by atoms with E-state index in [1.54, 1.807) is 17.3 Å². The molecule has 114 valence electrons. The van der Waals surface area contributed by atoms with Crippen LogP contribution in [0.15, 0.2) is 30.6 Å². The number of H-pyrrole nitrogens is 1. The van der Waals surface area contributed by atoms with Gasteiger partial charge in [-0.05, 0) is 34.7 Å². The molecule has 0 saturated carbocycles. The van der Waals surface area contributed by atoms with Crippen LogP contribution in [0.2, 0.25) is 0 Å². The second kappa shape index (κ2) is 6.07. The maximum absolute atomic E-state index is 12.9. The van der Waals surface area contributed by atoms with Crippen molar-refractivity contribution in [1.82, 2.24) is 14.9 Å². The number of hydrogen-bond acceptors (Lipinski definition) is 4. The third-order valence-corrected chi connectivity index (χ3v) is 4.68. The third-order valence-electron chi connectivity index (χ3n) is 3.74. The largest absolute Gasteiger partial charge is 0.467 e. The molecule has 0 saturated heterocycles. The van der Waals surface area contributed by atoms with Gasteiger partial charge < -0.3 is 14.6 Å². The van der Waals surface area contributed by atoms with Crippen molar-refractivity contribution in [3.8, 4) is 0 Å². The van der Waals surface area contributed by atoms with E-state index in [9.17, 15) is 9.59 Å². The smallest absolute Gasteiger partial charge is 0.329 e. The Hall–Kier alpha value is -1.90. The molecule has 1 aliphatic rings. The van der Waals surface area contributed by atoms with Crippen molar-refractivity contribution in [1.29, 1.82) is 0 Å². The number of nitrogens with zero attached hydrogens (tertiary/aromatic N) is 2. The van der Waals surface area contributed by atoms with E-state index in [0.29, 0.717) is 18.5 Å². The molecule has 1 aromatic carbocycles. The van der Waals surface area contributed by atoms with Crippen LogP contribution in [-0.4, -0.2) is 39.9 Å². The molecule has 1 aliphatic heterocycles. The molecule has 22 heavy (non-hydrogen) atoms.